The third kappa shape index (κ3) is 5.56. The number of rotatable bonds is 6. The molecule has 5 nitrogen and oxygen atoms in total. The van der Waals surface area contributed by atoms with E-state index in [4.69, 9.17) is 4.18 Å². The molecule has 1 aromatic rings. The SMILES string of the molecule is C=CC(=O)NC(C)(C)CS(=O)(=O)Oc1ccccc1. The molecule has 19 heavy (non-hydrogen) atoms. The number of carbonyl (C=O) groups excluding carboxylic acids is 1. The van der Waals surface area contributed by atoms with Crippen molar-refractivity contribution in [2.45, 2.75) is 19.4 Å². The molecule has 0 radical (unpaired) electrons. The van der Waals surface area contributed by atoms with Gasteiger partial charge in [0, 0.05) is 0 Å². The Morgan fingerprint density at radius 1 is 1.37 bits per heavy atom. The van der Waals surface area contributed by atoms with Crippen molar-refractivity contribution < 1.29 is 17.4 Å². The summed E-state index contributed by atoms with van der Waals surface area (Å²) in [6, 6.07) is 8.21. The molecular formula is C13H17NO4S. The fourth-order valence-electron chi connectivity index (χ4n) is 1.51. The standard InChI is InChI=1S/C13H17NO4S/c1-4-12(15)14-13(2,3)10-19(16,17)18-11-8-6-5-7-9-11/h4-9H,1,10H2,2-3H3,(H,14,15). The Bertz CT molecular complexity index is 549. The lowest BCUT2D eigenvalue weighted by Crippen LogP contribution is -2.48. The molecule has 0 saturated carbocycles. The van der Waals surface area contributed by atoms with Crippen LogP contribution < -0.4 is 9.50 Å². The smallest absolute Gasteiger partial charge is 0.311 e. The predicted octanol–water partition coefficient (Wildman–Crippen LogP) is 1.48. The minimum Gasteiger partial charge on any atom is -0.382 e. The number of para-hydroxylation sites is 1. The second kappa shape index (κ2) is 5.88. The summed E-state index contributed by atoms with van der Waals surface area (Å²) in [4.78, 5) is 11.2. The minimum atomic E-state index is -3.80. The van der Waals surface area contributed by atoms with Crippen LogP contribution in [0.25, 0.3) is 0 Å². The van der Waals surface area contributed by atoms with Crippen LogP contribution in [0.5, 0.6) is 5.75 Å². The lowest BCUT2D eigenvalue weighted by molar-refractivity contribution is -0.117. The second-order valence-electron chi connectivity index (χ2n) is 4.68. The molecule has 0 aromatic heterocycles. The minimum absolute atomic E-state index is 0.244. The topological polar surface area (TPSA) is 72.5 Å². The number of carbonyl (C=O) groups is 1. The monoisotopic (exact) mass is 283 g/mol. The number of amides is 1. The lowest BCUT2D eigenvalue weighted by atomic mass is 10.1. The first-order valence-corrected chi connectivity index (χ1v) is 7.24. The Kier molecular flexibility index (Phi) is 4.72. The van der Waals surface area contributed by atoms with Gasteiger partial charge in [-0.3, -0.25) is 4.79 Å². The van der Waals surface area contributed by atoms with E-state index in [9.17, 15) is 13.2 Å². The molecule has 1 aromatic carbocycles. The van der Waals surface area contributed by atoms with E-state index in [1.807, 2.05) is 0 Å². The molecule has 1 rings (SSSR count). The first kappa shape index (κ1) is 15.2. The third-order valence-corrected chi connectivity index (χ3v) is 3.67. The summed E-state index contributed by atoms with van der Waals surface area (Å²) < 4.78 is 28.7. The van der Waals surface area contributed by atoms with Crippen LogP contribution in [-0.4, -0.2) is 25.6 Å². The third-order valence-electron chi connectivity index (χ3n) is 2.15. The fraction of sp³-hybridized carbons (Fsp3) is 0.308. The van der Waals surface area contributed by atoms with Crippen LogP contribution in [-0.2, 0) is 14.9 Å². The molecule has 0 saturated heterocycles. The van der Waals surface area contributed by atoms with E-state index in [2.05, 4.69) is 11.9 Å². The van der Waals surface area contributed by atoms with E-state index in [-0.39, 0.29) is 11.5 Å². The molecule has 0 bridgehead atoms. The van der Waals surface area contributed by atoms with Crippen LogP contribution in [0.1, 0.15) is 13.8 Å². The molecule has 0 heterocycles. The zero-order valence-electron chi connectivity index (χ0n) is 10.9. The maximum absolute atomic E-state index is 11.9. The van der Waals surface area contributed by atoms with Gasteiger partial charge >= 0.3 is 10.1 Å². The molecule has 1 amide bonds. The molecule has 0 unspecified atom stereocenters. The first-order valence-electron chi connectivity index (χ1n) is 5.66. The van der Waals surface area contributed by atoms with E-state index < -0.39 is 21.6 Å². The lowest BCUT2D eigenvalue weighted by Gasteiger charge is -2.24. The van der Waals surface area contributed by atoms with Gasteiger partial charge < -0.3 is 9.50 Å². The Labute approximate surface area is 113 Å². The highest BCUT2D eigenvalue weighted by Gasteiger charge is 2.28. The van der Waals surface area contributed by atoms with Crippen molar-refractivity contribution >= 4 is 16.0 Å². The van der Waals surface area contributed by atoms with Gasteiger partial charge in [-0.05, 0) is 32.1 Å². The normalized spacial score (nSPS) is 11.7. The number of nitrogens with one attached hydrogen (secondary N) is 1. The summed E-state index contributed by atoms with van der Waals surface area (Å²) in [5, 5.41) is 2.53. The largest absolute Gasteiger partial charge is 0.382 e. The van der Waals surface area contributed by atoms with E-state index in [1.165, 1.54) is 0 Å². The average Bonchev–Trinajstić information content (AvgIpc) is 2.27. The van der Waals surface area contributed by atoms with Gasteiger partial charge in [0.15, 0.2) is 0 Å². The van der Waals surface area contributed by atoms with E-state index in [0.717, 1.165) is 6.08 Å². The van der Waals surface area contributed by atoms with E-state index >= 15 is 0 Å². The van der Waals surface area contributed by atoms with Gasteiger partial charge in [-0.25, -0.2) is 0 Å². The van der Waals surface area contributed by atoms with Crippen molar-refractivity contribution in [3.63, 3.8) is 0 Å². The van der Waals surface area contributed by atoms with E-state index in [0.29, 0.717) is 0 Å². The Morgan fingerprint density at radius 3 is 2.47 bits per heavy atom. The van der Waals surface area contributed by atoms with E-state index in [1.54, 1.807) is 44.2 Å². The van der Waals surface area contributed by atoms with Crippen LogP contribution in [0, 0.1) is 0 Å². The van der Waals surface area contributed by atoms with Crippen LogP contribution in [0.15, 0.2) is 43.0 Å². The predicted molar refractivity (Wildman–Crippen MR) is 73.3 cm³/mol. The summed E-state index contributed by atoms with van der Waals surface area (Å²) >= 11 is 0. The number of benzene rings is 1. The molecule has 0 aliphatic carbocycles. The van der Waals surface area contributed by atoms with Gasteiger partial charge in [0.05, 0.1) is 5.54 Å². The molecule has 104 valence electrons. The number of hydrogen-bond acceptors (Lipinski definition) is 4. The highest BCUT2D eigenvalue weighted by atomic mass is 32.2. The van der Waals surface area contributed by atoms with Gasteiger partial charge in [-0.15, -0.1) is 0 Å². The molecule has 0 aliphatic heterocycles. The van der Waals surface area contributed by atoms with Crippen molar-refractivity contribution in [2.24, 2.45) is 0 Å². The summed E-state index contributed by atoms with van der Waals surface area (Å²) in [5.74, 6) is -0.526. The van der Waals surface area contributed by atoms with Crippen molar-refractivity contribution in [3.05, 3.63) is 43.0 Å². The Hall–Kier alpha value is -1.82. The zero-order valence-corrected chi connectivity index (χ0v) is 11.7. The molecule has 0 fully saturated rings. The van der Waals surface area contributed by atoms with Crippen LogP contribution in [0.3, 0.4) is 0 Å². The maximum Gasteiger partial charge on any atom is 0.311 e. The molecule has 0 spiro atoms. The fourth-order valence-corrected chi connectivity index (χ4v) is 2.93. The average molecular weight is 283 g/mol. The summed E-state index contributed by atoms with van der Waals surface area (Å²) in [5.41, 5.74) is -0.946. The van der Waals surface area contributed by atoms with Crippen molar-refractivity contribution in [3.8, 4) is 5.75 Å². The van der Waals surface area contributed by atoms with Crippen molar-refractivity contribution in [1.82, 2.24) is 5.32 Å². The maximum atomic E-state index is 11.9. The van der Waals surface area contributed by atoms with Crippen LogP contribution in [0.2, 0.25) is 0 Å². The molecule has 0 atom stereocenters. The summed E-state index contributed by atoms with van der Waals surface area (Å²) in [6.45, 7) is 6.51. The zero-order chi connectivity index (χ0) is 14.5. The highest BCUT2D eigenvalue weighted by molar-refractivity contribution is 7.87. The summed E-state index contributed by atoms with van der Waals surface area (Å²) in [6.07, 6.45) is 1.09. The van der Waals surface area contributed by atoms with Crippen LogP contribution >= 0.6 is 0 Å². The first-order chi connectivity index (χ1) is 8.74. The molecule has 1 N–H and O–H groups in total. The Morgan fingerprint density at radius 2 is 1.95 bits per heavy atom. The molecule has 0 aliphatic rings. The van der Waals surface area contributed by atoms with Gasteiger partial charge in [0.2, 0.25) is 5.91 Å². The van der Waals surface area contributed by atoms with Crippen LogP contribution in [0.4, 0.5) is 0 Å². The Balaban J connectivity index is 2.74. The van der Waals surface area contributed by atoms with Gasteiger partial charge in [0.1, 0.15) is 11.5 Å². The van der Waals surface area contributed by atoms with Gasteiger partial charge in [-0.2, -0.15) is 8.42 Å². The number of hydrogen-bond donors (Lipinski definition) is 1. The quantitative estimate of drug-likeness (QED) is 0.634. The van der Waals surface area contributed by atoms with Crippen molar-refractivity contribution in [2.75, 3.05) is 5.75 Å². The van der Waals surface area contributed by atoms with Gasteiger partial charge in [0.25, 0.3) is 0 Å². The molecular weight excluding hydrogens is 266 g/mol. The summed E-state index contributed by atoms with van der Waals surface area (Å²) in [7, 11) is -3.80. The molecule has 6 heteroatoms. The second-order valence-corrected chi connectivity index (χ2v) is 6.25. The van der Waals surface area contributed by atoms with Crippen molar-refractivity contribution in [1.29, 1.82) is 0 Å². The highest BCUT2D eigenvalue weighted by Crippen LogP contribution is 2.15. The van der Waals surface area contributed by atoms with Gasteiger partial charge in [-0.1, -0.05) is 24.8 Å².